The second kappa shape index (κ2) is 5.41. The summed E-state index contributed by atoms with van der Waals surface area (Å²) in [6, 6.07) is 10.8. The van der Waals surface area contributed by atoms with E-state index in [4.69, 9.17) is 4.74 Å². The molecule has 4 rings (SSSR count). The molecule has 3 aliphatic rings. The number of nitrogens with zero attached hydrogens (tertiary/aromatic N) is 1. The molecule has 1 aliphatic carbocycles. The van der Waals surface area contributed by atoms with E-state index in [0.29, 0.717) is 12.0 Å². The predicted octanol–water partition coefficient (Wildman–Crippen LogP) is 2.94. The molecular formula is C17H21NO2. The fourth-order valence-corrected chi connectivity index (χ4v) is 3.61. The van der Waals surface area contributed by atoms with Crippen molar-refractivity contribution < 1.29 is 9.53 Å². The standard InChI is InChI=1S/C17H21NO2/c1-12(13-6-4-3-5-7-13)18-15-10-8-14(9-11-15)16(18)17(19)20-2/h3-8,10,12,14-16H,9,11H2,1-2H3. The van der Waals surface area contributed by atoms with Crippen LogP contribution in [0.15, 0.2) is 42.5 Å². The minimum Gasteiger partial charge on any atom is -0.468 e. The summed E-state index contributed by atoms with van der Waals surface area (Å²) >= 11 is 0. The van der Waals surface area contributed by atoms with E-state index in [1.807, 2.05) is 6.07 Å². The zero-order valence-electron chi connectivity index (χ0n) is 12.0. The number of fused-ring (bicyclic) bond motifs is 2. The van der Waals surface area contributed by atoms with Crippen molar-refractivity contribution in [2.24, 2.45) is 5.92 Å². The molecule has 1 fully saturated rings. The van der Waals surface area contributed by atoms with Crippen LogP contribution in [0, 0.1) is 5.92 Å². The van der Waals surface area contributed by atoms with Gasteiger partial charge in [-0.05, 0) is 25.3 Å². The van der Waals surface area contributed by atoms with Gasteiger partial charge in [0.05, 0.1) is 7.11 Å². The van der Waals surface area contributed by atoms with Gasteiger partial charge < -0.3 is 4.74 Å². The summed E-state index contributed by atoms with van der Waals surface area (Å²) in [5.74, 6) is 0.186. The molecule has 0 radical (unpaired) electrons. The van der Waals surface area contributed by atoms with E-state index in [1.165, 1.54) is 12.7 Å². The molecule has 2 aliphatic heterocycles. The third-order valence-electron chi connectivity index (χ3n) is 4.66. The van der Waals surface area contributed by atoms with Crippen LogP contribution in [-0.2, 0) is 9.53 Å². The smallest absolute Gasteiger partial charge is 0.323 e. The lowest BCUT2D eigenvalue weighted by Crippen LogP contribution is -2.57. The van der Waals surface area contributed by atoms with Crippen molar-refractivity contribution >= 4 is 5.97 Å². The Morgan fingerprint density at radius 2 is 2.00 bits per heavy atom. The van der Waals surface area contributed by atoms with Crippen molar-refractivity contribution in [3.05, 3.63) is 48.0 Å². The normalized spacial score (nSPS) is 30.2. The van der Waals surface area contributed by atoms with Crippen molar-refractivity contribution in [3.8, 4) is 0 Å². The van der Waals surface area contributed by atoms with E-state index in [1.54, 1.807) is 0 Å². The van der Waals surface area contributed by atoms with Crippen molar-refractivity contribution in [3.63, 3.8) is 0 Å². The maximum Gasteiger partial charge on any atom is 0.323 e. The van der Waals surface area contributed by atoms with Crippen LogP contribution in [0.3, 0.4) is 0 Å². The first-order valence-electron chi connectivity index (χ1n) is 7.31. The molecule has 0 N–H and O–H groups in total. The average Bonchev–Trinajstić information content (AvgIpc) is 2.54. The van der Waals surface area contributed by atoms with Crippen LogP contribution >= 0.6 is 0 Å². The van der Waals surface area contributed by atoms with E-state index in [9.17, 15) is 4.79 Å². The van der Waals surface area contributed by atoms with Crippen LogP contribution in [0.2, 0.25) is 0 Å². The van der Waals surface area contributed by atoms with Gasteiger partial charge in [-0.2, -0.15) is 0 Å². The first-order valence-corrected chi connectivity index (χ1v) is 7.31. The van der Waals surface area contributed by atoms with E-state index in [2.05, 4.69) is 48.2 Å². The Hall–Kier alpha value is -1.61. The quantitative estimate of drug-likeness (QED) is 0.625. The number of esters is 1. The maximum atomic E-state index is 12.2. The van der Waals surface area contributed by atoms with Crippen LogP contribution in [0.4, 0.5) is 0 Å². The summed E-state index contributed by atoms with van der Waals surface area (Å²) in [5.41, 5.74) is 1.25. The topological polar surface area (TPSA) is 29.5 Å². The van der Waals surface area contributed by atoms with E-state index < -0.39 is 0 Å². The summed E-state index contributed by atoms with van der Waals surface area (Å²) in [5, 5.41) is 0. The minimum atomic E-state index is -0.140. The second-order valence-electron chi connectivity index (χ2n) is 5.70. The van der Waals surface area contributed by atoms with Crippen molar-refractivity contribution in [1.29, 1.82) is 0 Å². The van der Waals surface area contributed by atoms with Crippen molar-refractivity contribution in [2.45, 2.75) is 37.9 Å². The van der Waals surface area contributed by atoms with Gasteiger partial charge in [0.2, 0.25) is 0 Å². The molecule has 3 nitrogen and oxygen atoms in total. The molecule has 0 saturated carbocycles. The van der Waals surface area contributed by atoms with Crippen LogP contribution in [0.5, 0.6) is 0 Å². The first-order chi connectivity index (χ1) is 9.72. The Labute approximate surface area is 120 Å². The van der Waals surface area contributed by atoms with Crippen molar-refractivity contribution in [2.75, 3.05) is 7.11 Å². The lowest BCUT2D eigenvalue weighted by Gasteiger charge is -2.49. The molecule has 4 atom stereocenters. The van der Waals surface area contributed by atoms with E-state index in [0.717, 1.165) is 12.8 Å². The van der Waals surface area contributed by atoms with E-state index >= 15 is 0 Å². The molecule has 4 unspecified atom stereocenters. The molecule has 1 saturated heterocycles. The molecule has 0 amide bonds. The number of hydrogen-bond donors (Lipinski definition) is 0. The number of methoxy groups -OCH3 is 1. The van der Waals surface area contributed by atoms with Crippen molar-refractivity contribution in [1.82, 2.24) is 4.90 Å². The van der Waals surface area contributed by atoms with Gasteiger partial charge in [-0.15, -0.1) is 0 Å². The predicted molar refractivity (Wildman–Crippen MR) is 78.2 cm³/mol. The molecule has 20 heavy (non-hydrogen) atoms. The highest BCUT2D eigenvalue weighted by atomic mass is 16.5. The molecule has 1 aromatic rings. The lowest BCUT2D eigenvalue weighted by atomic mass is 9.78. The minimum absolute atomic E-state index is 0.105. The summed E-state index contributed by atoms with van der Waals surface area (Å²) in [6.45, 7) is 2.18. The van der Waals surface area contributed by atoms with Crippen LogP contribution in [-0.4, -0.2) is 30.1 Å². The van der Waals surface area contributed by atoms with Gasteiger partial charge in [-0.3, -0.25) is 9.69 Å². The van der Waals surface area contributed by atoms with E-state index in [-0.39, 0.29) is 18.1 Å². The van der Waals surface area contributed by atoms with Gasteiger partial charge in [0.25, 0.3) is 0 Å². The van der Waals surface area contributed by atoms with Crippen LogP contribution in [0.1, 0.15) is 31.4 Å². The van der Waals surface area contributed by atoms with Crippen LogP contribution in [0.25, 0.3) is 0 Å². The second-order valence-corrected chi connectivity index (χ2v) is 5.70. The first kappa shape index (κ1) is 13.4. The highest BCUT2D eigenvalue weighted by Gasteiger charge is 2.45. The fraction of sp³-hybridized carbons (Fsp3) is 0.471. The molecule has 106 valence electrons. The number of hydrogen-bond acceptors (Lipinski definition) is 3. The Bertz CT molecular complexity index is 511. The third kappa shape index (κ3) is 2.16. The van der Waals surface area contributed by atoms with Gasteiger partial charge in [-0.1, -0.05) is 42.5 Å². The monoisotopic (exact) mass is 271 g/mol. The highest BCUT2D eigenvalue weighted by Crippen LogP contribution is 2.40. The van der Waals surface area contributed by atoms with Gasteiger partial charge in [0.1, 0.15) is 6.04 Å². The van der Waals surface area contributed by atoms with Gasteiger partial charge >= 0.3 is 5.97 Å². The number of rotatable bonds is 3. The lowest BCUT2D eigenvalue weighted by molar-refractivity contribution is -0.153. The molecule has 0 aromatic heterocycles. The molecule has 1 aromatic carbocycles. The zero-order valence-corrected chi connectivity index (χ0v) is 12.0. The molecule has 0 spiro atoms. The van der Waals surface area contributed by atoms with Crippen LogP contribution < -0.4 is 0 Å². The highest BCUT2D eigenvalue weighted by molar-refractivity contribution is 5.77. The summed E-state index contributed by atoms with van der Waals surface area (Å²) in [4.78, 5) is 14.5. The number of carbonyl (C=O) groups excluding carboxylic acids is 1. The number of benzene rings is 1. The molecular weight excluding hydrogens is 250 g/mol. The van der Waals surface area contributed by atoms with Gasteiger partial charge in [0.15, 0.2) is 0 Å². The Balaban J connectivity index is 1.93. The summed E-state index contributed by atoms with van der Waals surface area (Å²) in [6.07, 6.45) is 6.67. The number of carbonyl (C=O) groups is 1. The van der Waals surface area contributed by atoms with Gasteiger partial charge in [0, 0.05) is 18.0 Å². The number of ether oxygens (including phenoxy) is 1. The fourth-order valence-electron chi connectivity index (χ4n) is 3.61. The third-order valence-corrected chi connectivity index (χ3v) is 4.66. The Morgan fingerprint density at radius 3 is 2.60 bits per heavy atom. The zero-order chi connectivity index (χ0) is 14.1. The molecule has 2 heterocycles. The Morgan fingerprint density at radius 1 is 1.25 bits per heavy atom. The maximum absolute atomic E-state index is 12.2. The van der Waals surface area contributed by atoms with Gasteiger partial charge in [-0.25, -0.2) is 0 Å². The average molecular weight is 271 g/mol. The Kier molecular flexibility index (Phi) is 3.62. The number of piperidine rings is 1. The summed E-state index contributed by atoms with van der Waals surface area (Å²) < 4.78 is 5.04. The summed E-state index contributed by atoms with van der Waals surface area (Å²) in [7, 11) is 1.49. The largest absolute Gasteiger partial charge is 0.468 e. The SMILES string of the molecule is COC(=O)C1C2C=CC(CC2)N1C(C)c1ccccc1. The molecule has 2 bridgehead atoms. The molecule has 3 heteroatoms.